The van der Waals surface area contributed by atoms with Crippen molar-refractivity contribution in [2.45, 2.75) is 18.4 Å². The van der Waals surface area contributed by atoms with Gasteiger partial charge in [-0.3, -0.25) is 4.79 Å². The molecule has 0 amide bonds. The number of phenols is 2. The third kappa shape index (κ3) is 3.13. The molecule has 1 aromatic heterocycles. The van der Waals surface area contributed by atoms with Gasteiger partial charge in [-0.05, 0) is 32.1 Å². The third-order valence-electron chi connectivity index (χ3n) is 5.12. The number of aromatic hydroxyl groups is 2. The van der Waals surface area contributed by atoms with Crippen molar-refractivity contribution in [3.63, 3.8) is 0 Å². The Bertz CT molecular complexity index is 1160. The first-order chi connectivity index (χ1) is 13.7. The first-order valence-corrected chi connectivity index (χ1v) is 9.25. The number of phenolic OH excluding ortho intramolecular Hbond substituents is 2. The largest absolute Gasteiger partial charge is 0.507 e. The molecule has 2 heterocycles. The van der Waals surface area contributed by atoms with E-state index in [9.17, 15) is 20.1 Å². The number of rotatable bonds is 2. The highest BCUT2D eigenvalue weighted by Crippen LogP contribution is 2.42. The van der Waals surface area contributed by atoms with E-state index < -0.39 is 23.2 Å². The van der Waals surface area contributed by atoms with Crippen LogP contribution < -0.4 is 5.43 Å². The van der Waals surface area contributed by atoms with Crippen molar-refractivity contribution in [2.24, 2.45) is 0 Å². The molecule has 0 spiro atoms. The van der Waals surface area contributed by atoms with Gasteiger partial charge in [-0.2, -0.15) is 0 Å². The number of likely N-dealkylation sites (tertiary alicyclic amines) is 1. The van der Waals surface area contributed by atoms with E-state index in [1.54, 1.807) is 31.3 Å². The first-order valence-electron chi connectivity index (χ1n) is 9.37. The summed E-state index contributed by atoms with van der Waals surface area (Å²) in [6, 6.07) is 9.11. The number of piperidine rings is 1. The summed E-state index contributed by atoms with van der Waals surface area (Å²) in [5.41, 5.74) is 0.0485. The van der Waals surface area contributed by atoms with Gasteiger partial charge in [0.05, 0.1) is 12.5 Å². The highest BCUT2D eigenvalue weighted by atomic mass is 35.5. The molecule has 7 heteroatoms. The zero-order valence-electron chi connectivity index (χ0n) is 16.1. The Morgan fingerprint density at radius 3 is 2.71 bits per heavy atom. The second-order valence-corrected chi connectivity index (χ2v) is 7.46. The van der Waals surface area contributed by atoms with Gasteiger partial charge >= 0.3 is 0 Å². The van der Waals surface area contributed by atoms with Gasteiger partial charge in [-0.15, -0.1) is 0 Å². The Balaban J connectivity index is 2.02. The first kappa shape index (κ1) is 17.6. The van der Waals surface area contributed by atoms with Gasteiger partial charge in [-0.25, -0.2) is 0 Å². The van der Waals surface area contributed by atoms with E-state index in [4.69, 9.17) is 17.4 Å². The summed E-state index contributed by atoms with van der Waals surface area (Å²) in [6.07, 6.45) is -1.54. The van der Waals surface area contributed by atoms with Gasteiger partial charge in [0.1, 0.15) is 28.2 Å². The van der Waals surface area contributed by atoms with Gasteiger partial charge in [-0.1, -0.05) is 23.7 Å². The van der Waals surface area contributed by atoms with E-state index in [-0.39, 0.29) is 34.6 Å². The summed E-state index contributed by atoms with van der Waals surface area (Å²) in [5, 5.41) is 31.9. The molecule has 0 aliphatic carbocycles. The molecule has 28 heavy (non-hydrogen) atoms. The summed E-state index contributed by atoms with van der Waals surface area (Å²) in [5.74, 6) is -1.41. The number of aliphatic hydroxyl groups is 1. The standard InChI is InChI=1S/C21H20ClNO5/c1-23-7-6-12(17(27)10-23)19-14(24)8-15(25)20-16(26)9-18(28-21(19)20)11-4-2-3-5-13(11)22/h2-5,8-9,12,17,24-25,27H,6-7,10H2,1H3/i17D. The smallest absolute Gasteiger partial charge is 0.197 e. The Morgan fingerprint density at radius 1 is 1.25 bits per heavy atom. The average molecular weight is 403 g/mol. The molecule has 6 nitrogen and oxygen atoms in total. The number of hydrogen-bond donors (Lipinski definition) is 3. The maximum atomic E-state index is 12.8. The number of halogens is 1. The van der Waals surface area contributed by atoms with Crippen molar-refractivity contribution in [1.29, 1.82) is 0 Å². The number of likely N-dealkylation sites (N-methyl/N-ethyl adjacent to an activating group) is 1. The van der Waals surface area contributed by atoms with Gasteiger partial charge in [0.15, 0.2) is 5.43 Å². The molecule has 2 unspecified atom stereocenters. The molecule has 1 fully saturated rings. The fourth-order valence-electron chi connectivity index (χ4n) is 3.74. The second kappa shape index (κ2) is 7.13. The van der Waals surface area contributed by atoms with Crippen molar-refractivity contribution < 1.29 is 21.1 Å². The fourth-order valence-corrected chi connectivity index (χ4v) is 3.97. The quantitative estimate of drug-likeness (QED) is 0.609. The molecular weight excluding hydrogens is 382 g/mol. The lowest BCUT2D eigenvalue weighted by Crippen LogP contribution is -2.40. The minimum Gasteiger partial charge on any atom is -0.507 e. The van der Waals surface area contributed by atoms with Crippen LogP contribution in [0, 0.1) is 0 Å². The van der Waals surface area contributed by atoms with Gasteiger partial charge in [0, 0.05) is 35.7 Å². The van der Waals surface area contributed by atoms with Crippen LogP contribution in [0.5, 0.6) is 11.5 Å². The highest BCUT2D eigenvalue weighted by molar-refractivity contribution is 6.33. The molecule has 4 rings (SSSR count). The molecule has 1 saturated heterocycles. The van der Waals surface area contributed by atoms with Crippen LogP contribution in [0.2, 0.25) is 5.02 Å². The molecule has 3 aromatic rings. The monoisotopic (exact) mass is 402 g/mol. The number of nitrogens with zero attached hydrogens (tertiary/aromatic N) is 1. The van der Waals surface area contributed by atoms with Gasteiger partial charge in [0.25, 0.3) is 0 Å². The van der Waals surface area contributed by atoms with Crippen molar-refractivity contribution in [3.05, 3.63) is 57.2 Å². The van der Waals surface area contributed by atoms with E-state index in [1.165, 1.54) is 6.07 Å². The lowest BCUT2D eigenvalue weighted by atomic mass is 9.85. The summed E-state index contributed by atoms with van der Waals surface area (Å²) in [6.45, 7) is 0.649. The Labute approximate surface area is 167 Å². The molecule has 1 aliphatic rings. The molecule has 0 saturated carbocycles. The van der Waals surface area contributed by atoms with Crippen LogP contribution in [0.25, 0.3) is 22.3 Å². The van der Waals surface area contributed by atoms with Crippen LogP contribution in [-0.2, 0) is 0 Å². The van der Waals surface area contributed by atoms with Crippen LogP contribution in [-0.4, -0.2) is 46.4 Å². The van der Waals surface area contributed by atoms with E-state index in [2.05, 4.69) is 0 Å². The molecule has 2 aromatic carbocycles. The van der Waals surface area contributed by atoms with Crippen molar-refractivity contribution >= 4 is 22.6 Å². The van der Waals surface area contributed by atoms with Gasteiger partial charge in [0.2, 0.25) is 0 Å². The predicted molar refractivity (Wildman–Crippen MR) is 107 cm³/mol. The summed E-state index contributed by atoms with van der Waals surface area (Å²) in [7, 11) is 1.79. The molecule has 0 bridgehead atoms. The molecular formula is C21H20ClNO5. The lowest BCUT2D eigenvalue weighted by Gasteiger charge is -2.34. The van der Waals surface area contributed by atoms with Crippen molar-refractivity contribution in [2.75, 3.05) is 20.1 Å². The minimum absolute atomic E-state index is 0.0508. The maximum Gasteiger partial charge on any atom is 0.197 e. The molecule has 146 valence electrons. The number of benzene rings is 2. The van der Waals surface area contributed by atoms with Crippen LogP contribution in [0.15, 0.2) is 45.6 Å². The van der Waals surface area contributed by atoms with E-state index in [0.29, 0.717) is 23.6 Å². The molecule has 0 radical (unpaired) electrons. The van der Waals surface area contributed by atoms with Crippen LogP contribution in [0.1, 0.15) is 19.3 Å². The maximum absolute atomic E-state index is 12.8. The lowest BCUT2D eigenvalue weighted by molar-refractivity contribution is 0.0630. The molecule has 3 N–H and O–H groups in total. The number of fused-ring (bicyclic) bond motifs is 1. The second-order valence-electron chi connectivity index (χ2n) is 7.06. The van der Waals surface area contributed by atoms with E-state index in [0.717, 1.165) is 6.07 Å². The number of hydrogen-bond acceptors (Lipinski definition) is 6. The zero-order chi connectivity index (χ0) is 20.9. The fraction of sp³-hybridized carbons (Fsp3) is 0.286. The van der Waals surface area contributed by atoms with Crippen molar-refractivity contribution in [3.8, 4) is 22.8 Å². The Morgan fingerprint density at radius 2 is 2.00 bits per heavy atom. The van der Waals surface area contributed by atoms with E-state index >= 15 is 0 Å². The van der Waals surface area contributed by atoms with Crippen molar-refractivity contribution in [1.82, 2.24) is 4.90 Å². The molecule has 2 atom stereocenters. The van der Waals surface area contributed by atoms with Crippen LogP contribution in [0.4, 0.5) is 0 Å². The number of β-amino-alcohol motifs (C(OH)–C–C–N with tert-alkyl or cyclic N) is 1. The predicted octanol–water partition coefficient (Wildman–Crippen LogP) is 3.30. The van der Waals surface area contributed by atoms with E-state index in [1.807, 2.05) is 4.90 Å². The minimum atomic E-state index is -1.91. The summed E-state index contributed by atoms with van der Waals surface area (Å²) >= 11 is 6.24. The third-order valence-corrected chi connectivity index (χ3v) is 5.45. The summed E-state index contributed by atoms with van der Waals surface area (Å²) < 4.78 is 14.3. The van der Waals surface area contributed by atoms with Gasteiger partial charge < -0.3 is 24.6 Å². The normalized spacial score (nSPS) is 23.7. The van der Waals surface area contributed by atoms with Crippen LogP contribution >= 0.6 is 11.6 Å². The Hall–Kier alpha value is -2.54. The molecule has 1 aliphatic heterocycles. The SMILES string of the molecule is [2H]C1(O)CN(C)CCC1c1c(O)cc(O)c2c(=O)cc(-c3ccccc3Cl)oc12. The Kier molecular flexibility index (Phi) is 4.47. The van der Waals surface area contributed by atoms with Crippen LogP contribution in [0.3, 0.4) is 0 Å². The average Bonchev–Trinajstić information content (AvgIpc) is 2.62. The topological polar surface area (TPSA) is 94.1 Å². The highest BCUT2D eigenvalue weighted by Gasteiger charge is 2.33. The zero-order valence-corrected chi connectivity index (χ0v) is 15.9. The summed E-state index contributed by atoms with van der Waals surface area (Å²) in [4.78, 5) is 14.6.